The van der Waals surface area contributed by atoms with Crippen LogP contribution in [-0.4, -0.2) is 30.6 Å². The maximum atomic E-state index is 14.4. The van der Waals surface area contributed by atoms with Crippen molar-refractivity contribution in [2.75, 3.05) is 0 Å². The van der Waals surface area contributed by atoms with E-state index in [1.54, 1.807) is 0 Å². The molecule has 0 spiro atoms. The Labute approximate surface area is 189 Å². The first-order valence-corrected chi connectivity index (χ1v) is 9.99. The lowest BCUT2D eigenvalue weighted by molar-refractivity contribution is -0.138. The summed E-state index contributed by atoms with van der Waals surface area (Å²) < 4.78 is 59.9. The van der Waals surface area contributed by atoms with E-state index in [0.717, 1.165) is 18.3 Å². The summed E-state index contributed by atoms with van der Waals surface area (Å²) in [6, 6.07) is 3.23. The molecule has 4 aromatic rings. The number of fused-ring (bicyclic) bond motifs is 1. The molecule has 7 nitrogen and oxygen atoms in total. The van der Waals surface area contributed by atoms with Crippen molar-refractivity contribution in [1.82, 2.24) is 19.5 Å². The third-order valence-corrected chi connectivity index (χ3v) is 5.36. The first-order chi connectivity index (χ1) is 15.0. The van der Waals surface area contributed by atoms with Crippen LogP contribution in [0.3, 0.4) is 0 Å². The summed E-state index contributed by atoms with van der Waals surface area (Å²) in [5, 5.41) is 12.6. The van der Waals surface area contributed by atoms with Gasteiger partial charge in [-0.05, 0) is 46.1 Å². The number of carbonyl (C=O) groups is 1. The van der Waals surface area contributed by atoms with E-state index in [4.69, 9.17) is 21.2 Å². The van der Waals surface area contributed by atoms with Gasteiger partial charge in [-0.2, -0.15) is 18.2 Å². The SMILES string of the molecule is O=C(O)CCc1cc(Cl)c(-c2nc(-c3cn4cc(C(F)(F)F)cc(Br)c4n3)no2)cc1F. The number of pyridine rings is 1. The average Bonchev–Trinajstić information content (AvgIpc) is 3.34. The molecule has 13 heteroatoms. The molecule has 0 unspecified atom stereocenters. The standard InChI is InChI=1S/C19H10BrClF4N4O3/c20-11-4-9(19(23,24)25)6-29-7-14(26-17(11)29)16-27-18(32-28-16)10-5-13(22)8(3-12(10)21)1-2-15(30)31/h3-7H,1-2H2,(H,30,31). The van der Waals surface area contributed by atoms with Crippen LogP contribution in [0.1, 0.15) is 17.5 Å². The third kappa shape index (κ3) is 4.32. The van der Waals surface area contributed by atoms with Crippen molar-refractivity contribution in [2.45, 2.75) is 19.0 Å². The first kappa shape index (κ1) is 22.2. The first-order valence-electron chi connectivity index (χ1n) is 8.82. The highest BCUT2D eigenvalue weighted by atomic mass is 79.9. The number of hydrogen-bond acceptors (Lipinski definition) is 5. The summed E-state index contributed by atoms with van der Waals surface area (Å²) in [5.74, 6) is -1.95. The van der Waals surface area contributed by atoms with Gasteiger partial charge in [0.25, 0.3) is 5.89 Å². The molecule has 0 saturated carbocycles. The van der Waals surface area contributed by atoms with Gasteiger partial charge in [0, 0.05) is 18.8 Å². The Morgan fingerprint density at radius 2 is 1.97 bits per heavy atom. The molecule has 0 aliphatic carbocycles. The van der Waals surface area contributed by atoms with Gasteiger partial charge >= 0.3 is 12.1 Å². The van der Waals surface area contributed by atoms with Crippen LogP contribution in [0.25, 0.3) is 28.6 Å². The van der Waals surface area contributed by atoms with Gasteiger partial charge < -0.3 is 14.0 Å². The van der Waals surface area contributed by atoms with Crippen molar-refractivity contribution in [3.05, 3.63) is 57.0 Å². The highest BCUT2D eigenvalue weighted by Gasteiger charge is 2.32. The molecule has 0 radical (unpaired) electrons. The van der Waals surface area contributed by atoms with Crippen LogP contribution in [0.15, 0.2) is 39.6 Å². The number of aliphatic carboxylic acids is 1. The van der Waals surface area contributed by atoms with Crippen molar-refractivity contribution in [3.63, 3.8) is 0 Å². The number of hydrogen-bond donors (Lipinski definition) is 1. The van der Waals surface area contributed by atoms with E-state index in [2.05, 4.69) is 31.1 Å². The Bertz CT molecular complexity index is 1350. The molecule has 3 aromatic heterocycles. The van der Waals surface area contributed by atoms with Crippen molar-refractivity contribution in [1.29, 1.82) is 0 Å². The van der Waals surface area contributed by atoms with Crippen LogP contribution in [0, 0.1) is 5.82 Å². The van der Waals surface area contributed by atoms with E-state index in [1.807, 2.05) is 0 Å². The number of halogens is 6. The van der Waals surface area contributed by atoms with E-state index in [9.17, 15) is 22.4 Å². The van der Waals surface area contributed by atoms with Gasteiger partial charge in [-0.15, -0.1) is 0 Å². The van der Waals surface area contributed by atoms with Crippen molar-refractivity contribution in [2.24, 2.45) is 0 Å². The van der Waals surface area contributed by atoms with Gasteiger partial charge in [-0.3, -0.25) is 4.79 Å². The lowest BCUT2D eigenvalue weighted by Crippen LogP contribution is -2.06. The molecule has 0 bridgehead atoms. The second-order valence-electron chi connectivity index (χ2n) is 6.67. The number of benzene rings is 1. The van der Waals surface area contributed by atoms with Crippen LogP contribution < -0.4 is 0 Å². The molecule has 0 fully saturated rings. The molecule has 166 valence electrons. The van der Waals surface area contributed by atoms with Gasteiger partial charge in [0.1, 0.15) is 11.5 Å². The van der Waals surface area contributed by atoms with E-state index in [-0.39, 0.29) is 56.5 Å². The summed E-state index contributed by atoms with van der Waals surface area (Å²) in [4.78, 5) is 19.0. The predicted octanol–water partition coefficient (Wildman–Crippen LogP) is 5.64. The largest absolute Gasteiger partial charge is 0.481 e. The lowest BCUT2D eigenvalue weighted by atomic mass is 10.1. The number of carboxylic acids is 1. The van der Waals surface area contributed by atoms with Gasteiger partial charge in [-0.25, -0.2) is 9.37 Å². The monoisotopic (exact) mass is 532 g/mol. The lowest BCUT2D eigenvalue weighted by Gasteiger charge is -2.07. The number of aromatic nitrogens is 4. The molecule has 1 aromatic carbocycles. The molecule has 0 aliphatic heterocycles. The topological polar surface area (TPSA) is 93.5 Å². The summed E-state index contributed by atoms with van der Waals surface area (Å²) in [7, 11) is 0. The zero-order valence-corrected chi connectivity index (χ0v) is 18.0. The van der Waals surface area contributed by atoms with Crippen LogP contribution in [0.4, 0.5) is 17.6 Å². The highest BCUT2D eigenvalue weighted by molar-refractivity contribution is 9.10. The fourth-order valence-electron chi connectivity index (χ4n) is 2.94. The minimum Gasteiger partial charge on any atom is -0.481 e. The quantitative estimate of drug-likeness (QED) is 0.334. The molecule has 32 heavy (non-hydrogen) atoms. The van der Waals surface area contributed by atoms with Crippen LogP contribution in [0.2, 0.25) is 5.02 Å². The number of rotatable bonds is 5. The Hall–Kier alpha value is -2.99. The second kappa shape index (κ2) is 8.17. The summed E-state index contributed by atoms with van der Waals surface area (Å²) in [5.41, 5.74) is -0.362. The normalized spacial score (nSPS) is 11.9. The van der Waals surface area contributed by atoms with Crippen molar-refractivity contribution < 1.29 is 32.0 Å². The Kier molecular flexibility index (Phi) is 5.67. The number of nitrogens with zero attached hydrogens (tertiary/aromatic N) is 4. The highest BCUT2D eigenvalue weighted by Crippen LogP contribution is 2.34. The fraction of sp³-hybridized carbons (Fsp3) is 0.158. The molecule has 1 N–H and O–H groups in total. The van der Waals surface area contributed by atoms with Crippen molar-refractivity contribution in [3.8, 4) is 23.0 Å². The molecule has 0 saturated heterocycles. The molecule has 0 atom stereocenters. The van der Waals surface area contributed by atoms with Crippen LogP contribution in [-0.2, 0) is 17.4 Å². The number of carboxylic acid groups (broad SMARTS) is 1. The average molecular weight is 534 g/mol. The molecular formula is C19H10BrClF4N4O3. The number of imidazole rings is 1. The maximum absolute atomic E-state index is 14.4. The number of aryl methyl sites for hydroxylation is 1. The van der Waals surface area contributed by atoms with Crippen molar-refractivity contribution >= 4 is 39.1 Å². The van der Waals surface area contributed by atoms with Crippen LogP contribution in [0.5, 0.6) is 0 Å². The Balaban J connectivity index is 1.68. The van der Waals surface area contributed by atoms with E-state index < -0.39 is 23.5 Å². The smallest absolute Gasteiger partial charge is 0.417 e. The van der Waals surface area contributed by atoms with E-state index in [1.165, 1.54) is 16.7 Å². The van der Waals surface area contributed by atoms with Gasteiger partial charge in [0.05, 0.1) is 20.6 Å². The van der Waals surface area contributed by atoms with E-state index in [0.29, 0.717) is 0 Å². The zero-order valence-electron chi connectivity index (χ0n) is 15.6. The third-order valence-electron chi connectivity index (χ3n) is 4.46. The Morgan fingerprint density at radius 1 is 1.22 bits per heavy atom. The number of alkyl halides is 3. The molecule has 0 amide bonds. The van der Waals surface area contributed by atoms with E-state index >= 15 is 0 Å². The maximum Gasteiger partial charge on any atom is 0.417 e. The van der Waals surface area contributed by atoms with Gasteiger partial charge in [-0.1, -0.05) is 16.8 Å². The Morgan fingerprint density at radius 3 is 2.66 bits per heavy atom. The minimum absolute atomic E-state index is 0.0458. The molecule has 4 rings (SSSR count). The predicted molar refractivity (Wildman–Crippen MR) is 108 cm³/mol. The molecular weight excluding hydrogens is 524 g/mol. The zero-order chi connectivity index (χ0) is 23.2. The molecule has 0 aliphatic rings. The molecule has 3 heterocycles. The second-order valence-corrected chi connectivity index (χ2v) is 7.93. The fourth-order valence-corrected chi connectivity index (χ4v) is 3.75. The van der Waals surface area contributed by atoms with Crippen LogP contribution >= 0.6 is 27.5 Å². The minimum atomic E-state index is -4.54. The summed E-state index contributed by atoms with van der Waals surface area (Å²) >= 11 is 9.25. The summed E-state index contributed by atoms with van der Waals surface area (Å²) in [6.07, 6.45) is -2.69. The van der Waals surface area contributed by atoms with Gasteiger partial charge in [0.15, 0.2) is 5.65 Å². The summed E-state index contributed by atoms with van der Waals surface area (Å²) in [6.45, 7) is 0. The van der Waals surface area contributed by atoms with Gasteiger partial charge in [0.2, 0.25) is 5.82 Å².